The lowest BCUT2D eigenvalue weighted by atomic mass is 9.70. The maximum atomic E-state index is 3.73. The van der Waals surface area contributed by atoms with Gasteiger partial charge in [-0.2, -0.15) is 0 Å². The average Bonchev–Trinajstić information content (AvgIpc) is 2.99. The summed E-state index contributed by atoms with van der Waals surface area (Å²) in [5.41, 5.74) is 0.638. The molecular weight excluding hydrogens is 262 g/mol. The number of halogens is 1. The molecule has 0 radical (unpaired) electrons. The Hall–Kier alpha value is 0.440. The summed E-state index contributed by atoms with van der Waals surface area (Å²) in [4.78, 5) is 2.79. The molecule has 2 rings (SSSR count). The molecule has 0 heterocycles. The smallest absolute Gasteiger partial charge is 0.0100 e. The first-order valence-corrected chi connectivity index (χ1v) is 8.07. The van der Waals surface area contributed by atoms with Gasteiger partial charge >= 0.3 is 0 Å². The van der Waals surface area contributed by atoms with Gasteiger partial charge in [0.05, 0.1) is 0 Å². The Bertz CT molecular complexity index is 213. The molecule has 0 aliphatic heterocycles. The van der Waals surface area contributed by atoms with Gasteiger partial charge in [0, 0.05) is 17.9 Å². The average molecular weight is 288 g/mol. The molecule has 2 fully saturated rings. The van der Waals surface area contributed by atoms with Crippen LogP contribution in [0.25, 0.3) is 0 Å². The summed E-state index contributed by atoms with van der Waals surface area (Å²) in [5.74, 6) is 0.850. The van der Waals surface area contributed by atoms with Gasteiger partial charge in [0.2, 0.25) is 0 Å². The number of nitrogens with zero attached hydrogens (tertiary/aromatic N) is 1. The second-order valence-electron chi connectivity index (χ2n) is 6.37. The second kappa shape index (κ2) is 5.39. The Balaban J connectivity index is 1.82. The van der Waals surface area contributed by atoms with Crippen molar-refractivity contribution in [3.8, 4) is 0 Å². The van der Waals surface area contributed by atoms with Gasteiger partial charge in [0.15, 0.2) is 0 Å². The van der Waals surface area contributed by atoms with Crippen LogP contribution in [0.2, 0.25) is 0 Å². The first kappa shape index (κ1) is 12.9. The predicted molar refractivity (Wildman–Crippen MR) is 74.1 cm³/mol. The third kappa shape index (κ3) is 3.22. The molecule has 94 valence electrons. The van der Waals surface area contributed by atoms with Gasteiger partial charge in [-0.3, -0.25) is 4.90 Å². The SMILES string of the molecule is CC(C)CCN(CC1(CBr)CCC1)C1CC1. The van der Waals surface area contributed by atoms with E-state index in [1.807, 2.05) is 0 Å². The molecule has 2 aliphatic carbocycles. The third-order valence-electron chi connectivity index (χ3n) is 4.29. The molecule has 0 unspecified atom stereocenters. The summed E-state index contributed by atoms with van der Waals surface area (Å²) in [6, 6.07) is 0.940. The fourth-order valence-corrected chi connectivity index (χ4v) is 3.43. The van der Waals surface area contributed by atoms with Crippen molar-refractivity contribution in [2.75, 3.05) is 18.4 Å². The third-order valence-corrected chi connectivity index (χ3v) is 5.48. The Kier molecular flexibility index (Phi) is 4.34. The van der Waals surface area contributed by atoms with Gasteiger partial charge < -0.3 is 0 Å². The highest BCUT2D eigenvalue weighted by atomic mass is 79.9. The summed E-state index contributed by atoms with van der Waals surface area (Å²) < 4.78 is 0. The Morgan fingerprint density at radius 2 is 2.00 bits per heavy atom. The lowest BCUT2D eigenvalue weighted by Gasteiger charge is -2.44. The molecule has 16 heavy (non-hydrogen) atoms. The fourth-order valence-electron chi connectivity index (χ4n) is 2.70. The van der Waals surface area contributed by atoms with Crippen molar-refractivity contribution in [1.82, 2.24) is 4.90 Å². The van der Waals surface area contributed by atoms with Crippen LogP contribution in [-0.4, -0.2) is 29.4 Å². The highest BCUT2D eigenvalue weighted by molar-refractivity contribution is 9.09. The van der Waals surface area contributed by atoms with E-state index in [1.165, 1.54) is 56.9 Å². The minimum atomic E-state index is 0.638. The summed E-state index contributed by atoms with van der Waals surface area (Å²) in [7, 11) is 0. The molecule has 2 heteroatoms. The predicted octanol–water partition coefficient (Wildman–Crippen LogP) is 4.06. The highest BCUT2D eigenvalue weighted by Gasteiger charge is 2.40. The molecule has 0 atom stereocenters. The summed E-state index contributed by atoms with van der Waals surface area (Å²) in [6.07, 6.45) is 8.63. The Labute approximate surface area is 109 Å². The van der Waals surface area contributed by atoms with E-state index in [0.29, 0.717) is 5.41 Å². The van der Waals surface area contributed by atoms with E-state index in [-0.39, 0.29) is 0 Å². The van der Waals surface area contributed by atoms with Crippen molar-refractivity contribution in [2.24, 2.45) is 11.3 Å². The quantitative estimate of drug-likeness (QED) is 0.638. The van der Waals surface area contributed by atoms with E-state index in [1.54, 1.807) is 0 Å². The van der Waals surface area contributed by atoms with E-state index in [4.69, 9.17) is 0 Å². The maximum Gasteiger partial charge on any atom is 0.0100 e. The van der Waals surface area contributed by atoms with E-state index in [2.05, 4.69) is 34.7 Å². The van der Waals surface area contributed by atoms with Gasteiger partial charge in [-0.1, -0.05) is 36.2 Å². The zero-order valence-corrected chi connectivity index (χ0v) is 12.4. The minimum Gasteiger partial charge on any atom is -0.300 e. The molecule has 0 aromatic heterocycles. The van der Waals surface area contributed by atoms with Crippen molar-refractivity contribution in [1.29, 1.82) is 0 Å². The fraction of sp³-hybridized carbons (Fsp3) is 1.00. The van der Waals surface area contributed by atoms with Gasteiger partial charge in [-0.15, -0.1) is 0 Å². The van der Waals surface area contributed by atoms with E-state index >= 15 is 0 Å². The molecule has 0 N–H and O–H groups in total. The van der Waals surface area contributed by atoms with Crippen LogP contribution >= 0.6 is 15.9 Å². The molecule has 2 aliphatic rings. The topological polar surface area (TPSA) is 3.24 Å². The van der Waals surface area contributed by atoms with Gasteiger partial charge in [0.1, 0.15) is 0 Å². The van der Waals surface area contributed by atoms with Crippen LogP contribution in [0.3, 0.4) is 0 Å². The first-order chi connectivity index (χ1) is 7.65. The van der Waals surface area contributed by atoms with E-state index in [0.717, 1.165) is 12.0 Å². The highest BCUT2D eigenvalue weighted by Crippen LogP contribution is 2.44. The van der Waals surface area contributed by atoms with E-state index < -0.39 is 0 Å². The Morgan fingerprint density at radius 3 is 2.38 bits per heavy atom. The van der Waals surface area contributed by atoms with Crippen LogP contribution in [0, 0.1) is 11.3 Å². The normalized spacial score (nSPS) is 23.8. The molecule has 0 aromatic carbocycles. The largest absolute Gasteiger partial charge is 0.300 e. The zero-order chi connectivity index (χ0) is 11.6. The lowest BCUT2D eigenvalue weighted by molar-refractivity contribution is 0.0834. The first-order valence-electron chi connectivity index (χ1n) is 6.95. The van der Waals surface area contributed by atoms with Crippen molar-refractivity contribution < 1.29 is 0 Å². The van der Waals surface area contributed by atoms with E-state index in [9.17, 15) is 0 Å². The van der Waals surface area contributed by atoms with Gasteiger partial charge in [-0.05, 0) is 50.0 Å². The van der Waals surface area contributed by atoms with Crippen LogP contribution in [-0.2, 0) is 0 Å². The second-order valence-corrected chi connectivity index (χ2v) is 6.93. The Morgan fingerprint density at radius 1 is 1.31 bits per heavy atom. The summed E-state index contributed by atoms with van der Waals surface area (Å²) in [5, 5.41) is 1.21. The van der Waals surface area contributed by atoms with Crippen molar-refractivity contribution in [3.05, 3.63) is 0 Å². The van der Waals surface area contributed by atoms with Crippen LogP contribution in [0.1, 0.15) is 52.4 Å². The monoisotopic (exact) mass is 287 g/mol. The molecule has 0 bridgehead atoms. The van der Waals surface area contributed by atoms with Crippen LogP contribution < -0.4 is 0 Å². The number of rotatable bonds is 7. The molecule has 0 amide bonds. The molecule has 0 spiro atoms. The van der Waals surface area contributed by atoms with Crippen molar-refractivity contribution in [2.45, 2.75) is 58.4 Å². The van der Waals surface area contributed by atoms with Crippen molar-refractivity contribution in [3.63, 3.8) is 0 Å². The molecule has 0 aromatic rings. The standard InChI is InChI=1S/C14H26BrN/c1-12(2)6-9-16(13-4-5-13)11-14(10-15)7-3-8-14/h12-13H,3-11H2,1-2H3. The summed E-state index contributed by atoms with van der Waals surface area (Å²) in [6.45, 7) is 7.37. The van der Waals surface area contributed by atoms with Crippen molar-refractivity contribution >= 4 is 15.9 Å². The minimum absolute atomic E-state index is 0.638. The summed E-state index contributed by atoms with van der Waals surface area (Å²) >= 11 is 3.73. The van der Waals surface area contributed by atoms with Gasteiger partial charge in [0.25, 0.3) is 0 Å². The van der Waals surface area contributed by atoms with Crippen LogP contribution in [0.15, 0.2) is 0 Å². The van der Waals surface area contributed by atoms with Crippen LogP contribution in [0.5, 0.6) is 0 Å². The molecule has 1 nitrogen and oxygen atoms in total. The maximum absolute atomic E-state index is 3.73. The number of hydrogen-bond acceptors (Lipinski definition) is 1. The lowest BCUT2D eigenvalue weighted by Crippen LogP contribution is -2.45. The molecule has 0 saturated heterocycles. The zero-order valence-electron chi connectivity index (χ0n) is 10.8. The molecule has 2 saturated carbocycles. The molecular formula is C14H26BrN. The number of hydrogen-bond donors (Lipinski definition) is 0. The number of alkyl halides is 1. The van der Waals surface area contributed by atoms with Crippen LogP contribution in [0.4, 0.5) is 0 Å². The van der Waals surface area contributed by atoms with Gasteiger partial charge in [-0.25, -0.2) is 0 Å².